The van der Waals surface area contributed by atoms with Gasteiger partial charge >= 0.3 is 0 Å². The minimum Gasteiger partial charge on any atom is -0.262 e. The zero-order valence-corrected chi connectivity index (χ0v) is 8.47. The number of rotatable bonds is 3. The summed E-state index contributed by atoms with van der Waals surface area (Å²) in [4.78, 5) is 0. The van der Waals surface area contributed by atoms with Crippen LogP contribution in [0.2, 0.25) is 0 Å². The molecular weight excluding hydrogens is 216 g/mol. The van der Waals surface area contributed by atoms with E-state index in [4.69, 9.17) is 0 Å². The molecule has 0 spiro atoms. The molecule has 0 aromatic rings. The normalized spacial score (nSPS) is 27.2. The monoisotopic (exact) mass is 226 g/mol. The zero-order valence-electron chi connectivity index (χ0n) is 6.84. The fourth-order valence-corrected chi connectivity index (χ4v) is 3.36. The number of sulfone groups is 1. The quantitative estimate of drug-likeness (QED) is 0.615. The first kappa shape index (κ1) is 10.7. The van der Waals surface area contributed by atoms with Gasteiger partial charge in [0.1, 0.15) is 0 Å². The highest BCUT2D eigenvalue weighted by atomic mass is 32.2. The second-order valence-corrected chi connectivity index (χ2v) is 6.52. The van der Waals surface area contributed by atoms with E-state index in [2.05, 4.69) is 10.8 Å². The second kappa shape index (κ2) is 3.39. The van der Waals surface area contributed by atoms with Crippen molar-refractivity contribution < 1.29 is 21.0 Å². The van der Waals surface area contributed by atoms with E-state index in [1.165, 1.54) is 0 Å². The van der Waals surface area contributed by atoms with Gasteiger partial charge in [-0.05, 0) is 6.42 Å². The standard InChI is InChI=1S/C6H10O5S2/c1-2-13(9,10)11-6-3-4-12(7,8)5-6/h2,6H,1,3-5H2. The van der Waals surface area contributed by atoms with Gasteiger partial charge in [0.15, 0.2) is 9.84 Å². The van der Waals surface area contributed by atoms with Crippen LogP contribution in [-0.2, 0) is 24.1 Å². The third-order valence-corrected chi connectivity index (χ3v) is 4.35. The maximum absolute atomic E-state index is 10.9. The van der Waals surface area contributed by atoms with Crippen LogP contribution in [0.15, 0.2) is 12.0 Å². The van der Waals surface area contributed by atoms with Crippen LogP contribution in [0.4, 0.5) is 0 Å². The molecule has 1 atom stereocenters. The van der Waals surface area contributed by atoms with E-state index in [0.29, 0.717) is 5.41 Å². The van der Waals surface area contributed by atoms with E-state index < -0.39 is 26.1 Å². The van der Waals surface area contributed by atoms with Crippen LogP contribution in [0.1, 0.15) is 6.42 Å². The van der Waals surface area contributed by atoms with E-state index in [9.17, 15) is 16.8 Å². The van der Waals surface area contributed by atoms with Gasteiger partial charge in [0, 0.05) is 0 Å². The third-order valence-electron chi connectivity index (χ3n) is 1.66. The largest absolute Gasteiger partial charge is 0.289 e. The lowest BCUT2D eigenvalue weighted by Gasteiger charge is -2.05. The molecule has 5 nitrogen and oxygen atoms in total. The van der Waals surface area contributed by atoms with Crippen molar-refractivity contribution in [2.24, 2.45) is 0 Å². The molecule has 1 rings (SSSR count). The fraction of sp³-hybridized carbons (Fsp3) is 0.667. The first-order valence-corrected chi connectivity index (χ1v) is 6.90. The molecule has 1 heterocycles. The molecule has 0 saturated carbocycles. The summed E-state index contributed by atoms with van der Waals surface area (Å²) in [6.45, 7) is 3.05. The van der Waals surface area contributed by atoms with Crippen LogP contribution in [0.5, 0.6) is 0 Å². The van der Waals surface area contributed by atoms with Gasteiger partial charge in [-0.1, -0.05) is 6.58 Å². The summed E-state index contributed by atoms with van der Waals surface area (Å²) in [5.41, 5.74) is 0. The maximum atomic E-state index is 10.9. The van der Waals surface area contributed by atoms with Crippen LogP contribution >= 0.6 is 0 Å². The van der Waals surface area contributed by atoms with Crippen molar-refractivity contribution in [1.82, 2.24) is 0 Å². The van der Waals surface area contributed by atoms with Crippen LogP contribution in [0.3, 0.4) is 0 Å². The topological polar surface area (TPSA) is 77.5 Å². The summed E-state index contributed by atoms with van der Waals surface area (Å²) in [6.07, 6.45) is -0.511. The minimum absolute atomic E-state index is 0.00959. The Hall–Kier alpha value is -0.400. The number of hydrogen-bond acceptors (Lipinski definition) is 5. The van der Waals surface area contributed by atoms with E-state index in [1.54, 1.807) is 0 Å². The van der Waals surface area contributed by atoms with Gasteiger partial charge in [0.2, 0.25) is 0 Å². The van der Waals surface area contributed by atoms with Crippen LogP contribution in [0, 0.1) is 0 Å². The summed E-state index contributed by atoms with van der Waals surface area (Å²) >= 11 is 0. The van der Waals surface area contributed by atoms with Gasteiger partial charge in [-0.3, -0.25) is 4.18 Å². The van der Waals surface area contributed by atoms with Crippen LogP contribution in [-0.4, -0.2) is 34.4 Å². The molecule has 1 fully saturated rings. The molecule has 0 aliphatic carbocycles. The highest BCUT2D eigenvalue weighted by molar-refractivity contribution is 7.92. The molecule has 1 aliphatic rings. The van der Waals surface area contributed by atoms with E-state index in [1.807, 2.05) is 0 Å². The van der Waals surface area contributed by atoms with E-state index in [-0.39, 0.29) is 17.9 Å². The van der Waals surface area contributed by atoms with Crippen molar-refractivity contribution in [1.29, 1.82) is 0 Å². The first-order chi connectivity index (χ1) is 5.85. The molecular formula is C6H10O5S2. The van der Waals surface area contributed by atoms with Gasteiger partial charge in [0.05, 0.1) is 23.0 Å². The molecule has 1 aliphatic heterocycles. The molecule has 0 N–H and O–H groups in total. The lowest BCUT2D eigenvalue weighted by molar-refractivity contribution is 0.240. The highest BCUT2D eigenvalue weighted by Gasteiger charge is 2.31. The predicted octanol–water partition coefficient (Wildman–Crippen LogP) is -0.337. The molecule has 0 aromatic heterocycles. The highest BCUT2D eigenvalue weighted by Crippen LogP contribution is 2.17. The van der Waals surface area contributed by atoms with Crippen LogP contribution in [0.25, 0.3) is 0 Å². The molecule has 1 unspecified atom stereocenters. The Balaban J connectivity index is 2.65. The molecule has 0 bridgehead atoms. The molecule has 0 aromatic carbocycles. The van der Waals surface area contributed by atoms with Gasteiger partial charge in [-0.2, -0.15) is 8.42 Å². The summed E-state index contributed by atoms with van der Waals surface area (Å²) in [7, 11) is -6.85. The molecule has 7 heteroatoms. The molecule has 1 saturated heterocycles. The average Bonchev–Trinajstić information content (AvgIpc) is 2.29. The molecule has 13 heavy (non-hydrogen) atoms. The smallest absolute Gasteiger partial charge is 0.262 e. The van der Waals surface area contributed by atoms with Gasteiger partial charge in [-0.15, -0.1) is 0 Å². The Morgan fingerprint density at radius 2 is 2.08 bits per heavy atom. The van der Waals surface area contributed by atoms with Crippen molar-refractivity contribution >= 4 is 20.0 Å². The summed E-state index contributed by atoms with van der Waals surface area (Å²) in [6, 6.07) is 0. The lowest BCUT2D eigenvalue weighted by atomic mass is 10.3. The Morgan fingerprint density at radius 3 is 2.46 bits per heavy atom. The van der Waals surface area contributed by atoms with Crippen molar-refractivity contribution in [3.8, 4) is 0 Å². The van der Waals surface area contributed by atoms with Crippen molar-refractivity contribution in [2.75, 3.05) is 11.5 Å². The van der Waals surface area contributed by atoms with Gasteiger partial charge in [0.25, 0.3) is 10.1 Å². The number of hydrogen-bond donors (Lipinski definition) is 0. The first-order valence-electron chi connectivity index (χ1n) is 3.61. The van der Waals surface area contributed by atoms with Crippen molar-refractivity contribution in [3.05, 3.63) is 12.0 Å². The third kappa shape index (κ3) is 3.09. The summed E-state index contributed by atoms with van der Waals surface area (Å²) in [5.74, 6) is -0.232. The van der Waals surface area contributed by atoms with E-state index in [0.717, 1.165) is 0 Å². The zero-order chi connectivity index (χ0) is 10.1. The Bertz CT molecular complexity index is 391. The van der Waals surface area contributed by atoms with Crippen molar-refractivity contribution in [3.63, 3.8) is 0 Å². The van der Waals surface area contributed by atoms with E-state index >= 15 is 0 Å². The Labute approximate surface area is 77.4 Å². The minimum atomic E-state index is -3.75. The van der Waals surface area contributed by atoms with Gasteiger partial charge < -0.3 is 0 Å². The fourth-order valence-electron chi connectivity index (χ4n) is 1.07. The molecule has 76 valence electrons. The van der Waals surface area contributed by atoms with Gasteiger partial charge in [-0.25, -0.2) is 8.42 Å². The Morgan fingerprint density at radius 1 is 1.46 bits per heavy atom. The molecule has 0 amide bonds. The maximum Gasteiger partial charge on any atom is 0.289 e. The lowest BCUT2D eigenvalue weighted by Crippen LogP contribution is -2.17. The molecule has 0 radical (unpaired) electrons. The Kier molecular flexibility index (Phi) is 2.79. The van der Waals surface area contributed by atoms with Crippen molar-refractivity contribution in [2.45, 2.75) is 12.5 Å². The van der Waals surface area contributed by atoms with Crippen LogP contribution < -0.4 is 0 Å². The summed E-state index contributed by atoms with van der Waals surface area (Å²) < 4.78 is 48.0. The summed E-state index contributed by atoms with van der Waals surface area (Å²) in [5, 5.41) is 0.665. The SMILES string of the molecule is C=CS(=O)(=O)OC1CCS(=O)(=O)C1. The average molecular weight is 226 g/mol. The predicted molar refractivity (Wildman–Crippen MR) is 47.3 cm³/mol. The second-order valence-electron chi connectivity index (χ2n) is 2.78.